The Hall–Kier alpha value is -2.25. The average Bonchev–Trinajstić information content (AvgIpc) is 3.14. The van der Waals surface area contributed by atoms with E-state index >= 15 is 0 Å². The van der Waals surface area contributed by atoms with E-state index in [1.165, 1.54) is 4.90 Å². The molecule has 1 amide bonds. The number of nitrogens with zero attached hydrogens (tertiary/aromatic N) is 1. The second-order valence-corrected chi connectivity index (χ2v) is 6.39. The molecule has 2 aromatic rings. The SMILES string of the molecule is COc1ccc(CN2C(=O)c3c(Br)cc4c(c3C2O)OCO4)cc1. The van der Waals surface area contributed by atoms with Crippen molar-refractivity contribution in [3.05, 3.63) is 51.5 Å². The molecule has 0 saturated heterocycles. The Labute approximate surface area is 146 Å². The van der Waals surface area contributed by atoms with Crippen LogP contribution in [0.5, 0.6) is 17.2 Å². The number of rotatable bonds is 3. The highest BCUT2D eigenvalue weighted by Gasteiger charge is 2.42. The Morgan fingerprint density at radius 2 is 2.08 bits per heavy atom. The third kappa shape index (κ3) is 2.23. The minimum absolute atomic E-state index is 0.0810. The van der Waals surface area contributed by atoms with Gasteiger partial charge in [0.2, 0.25) is 6.79 Å². The first-order valence-corrected chi connectivity index (χ1v) is 8.13. The van der Waals surface area contributed by atoms with E-state index in [0.717, 1.165) is 11.3 Å². The third-order valence-corrected chi connectivity index (χ3v) is 4.82. The number of carbonyl (C=O) groups is 1. The summed E-state index contributed by atoms with van der Waals surface area (Å²) in [6.07, 6.45) is -1.08. The molecular formula is C17H14BrNO5. The molecule has 2 aromatic carbocycles. The number of halogens is 1. The Bertz CT molecular complexity index is 821. The molecule has 2 aliphatic rings. The quantitative estimate of drug-likeness (QED) is 0.870. The van der Waals surface area contributed by atoms with E-state index in [-0.39, 0.29) is 19.2 Å². The highest BCUT2D eigenvalue weighted by Crippen LogP contribution is 2.49. The predicted octanol–water partition coefficient (Wildman–Crippen LogP) is 2.83. The van der Waals surface area contributed by atoms with Gasteiger partial charge in [0.1, 0.15) is 5.75 Å². The summed E-state index contributed by atoms with van der Waals surface area (Å²) in [6.45, 7) is 0.359. The molecule has 4 rings (SSSR count). The predicted molar refractivity (Wildman–Crippen MR) is 88.1 cm³/mol. The van der Waals surface area contributed by atoms with Crippen molar-refractivity contribution in [3.63, 3.8) is 0 Å². The maximum Gasteiger partial charge on any atom is 0.258 e. The Kier molecular flexibility index (Phi) is 3.62. The zero-order chi connectivity index (χ0) is 16.8. The van der Waals surface area contributed by atoms with Crippen molar-refractivity contribution in [2.75, 3.05) is 13.9 Å². The lowest BCUT2D eigenvalue weighted by Gasteiger charge is -2.21. The highest BCUT2D eigenvalue weighted by atomic mass is 79.9. The van der Waals surface area contributed by atoms with Crippen molar-refractivity contribution in [1.29, 1.82) is 0 Å². The summed E-state index contributed by atoms with van der Waals surface area (Å²) in [4.78, 5) is 14.2. The molecule has 0 bridgehead atoms. The van der Waals surface area contributed by atoms with Crippen LogP contribution >= 0.6 is 15.9 Å². The van der Waals surface area contributed by atoms with Gasteiger partial charge in [-0.2, -0.15) is 0 Å². The molecule has 0 aromatic heterocycles. The van der Waals surface area contributed by atoms with Crippen LogP contribution in [0, 0.1) is 0 Å². The zero-order valence-corrected chi connectivity index (χ0v) is 14.4. The first-order valence-electron chi connectivity index (χ1n) is 7.34. The smallest absolute Gasteiger partial charge is 0.258 e. The largest absolute Gasteiger partial charge is 0.497 e. The number of benzene rings is 2. The second-order valence-electron chi connectivity index (χ2n) is 5.54. The summed E-state index contributed by atoms with van der Waals surface area (Å²) < 4.78 is 16.5. The number of hydrogen-bond acceptors (Lipinski definition) is 5. The Morgan fingerprint density at radius 1 is 1.33 bits per heavy atom. The summed E-state index contributed by atoms with van der Waals surface area (Å²) in [6, 6.07) is 9.06. The van der Waals surface area contributed by atoms with Gasteiger partial charge in [0.05, 0.1) is 18.2 Å². The van der Waals surface area contributed by atoms with Crippen LogP contribution in [0.25, 0.3) is 0 Å². The van der Waals surface area contributed by atoms with Gasteiger partial charge in [0.15, 0.2) is 17.7 Å². The number of fused-ring (bicyclic) bond motifs is 3. The van der Waals surface area contributed by atoms with Gasteiger partial charge >= 0.3 is 0 Å². The Morgan fingerprint density at radius 3 is 2.79 bits per heavy atom. The second kappa shape index (κ2) is 5.68. The molecule has 0 radical (unpaired) electrons. The van der Waals surface area contributed by atoms with Crippen LogP contribution in [0.1, 0.15) is 27.7 Å². The monoisotopic (exact) mass is 391 g/mol. The van der Waals surface area contributed by atoms with Gasteiger partial charge in [0.25, 0.3) is 5.91 Å². The van der Waals surface area contributed by atoms with E-state index in [9.17, 15) is 9.90 Å². The van der Waals surface area contributed by atoms with E-state index in [4.69, 9.17) is 14.2 Å². The number of methoxy groups -OCH3 is 1. The van der Waals surface area contributed by atoms with Crippen LogP contribution in [-0.4, -0.2) is 29.8 Å². The van der Waals surface area contributed by atoms with Crippen LogP contribution in [0.15, 0.2) is 34.8 Å². The molecule has 2 aliphatic heterocycles. The molecule has 0 spiro atoms. The van der Waals surface area contributed by atoms with E-state index < -0.39 is 6.23 Å². The maximum atomic E-state index is 12.8. The molecule has 0 fully saturated rings. The van der Waals surface area contributed by atoms with Crippen molar-refractivity contribution in [2.45, 2.75) is 12.8 Å². The van der Waals surface area contributed by atoms with Crippen molar-refractivity contribution >= 4 is 21.8 Å². The van der Waals surface area contributed by atoms with Crippen molar-refractivity contribution in [1.82, 2.24) is 4.90 Å². The minimum atomic E-state index is -1.08. The molecule has 124 valence electrons. The average molecular weight is 392 g/mol. The van der Waals surface area contributed by atoms with Gasteiger partial charge in [-0.25, -0.2) is 0 Å². The lowest BCUT2D eigenvalue weighted by molar-refractivity contribution is 0.0127. The fraction of sp³-hybridized carbons (Fsp3) is 0.235. The molecular weight excluding hydrogens is 378 g/mol. The number of hydrogen-bond donors (Lipinski definition) is 1. The van der Waals surface area contributed by atoms with Crippen molar-refractivity contribution in [3.8, 4) is 17.2 Å². The molecule has 1 unspecified atom stereocenters. The van der Waals surface area contributed by atoms with E-state index in [1.54, 1.807) is 13.2 Å². The number of ether oxygens (including phenoxy) is 3. The van der Waals surface area contributed by atoms with Gasteiger partial charge in [-0.05, 0) is 39.7 Å². The lowest BCUT2D eigenvalue weighted by atomic mass is 10.1. The molecule has 6 nitrogen and oxygen atoms in total. The van der Waals surface area contributed by atoms with Crippen LogP contribution < -0.4 is 14.2 Å². The van der Waals surface area contributed by atoms with Gasteiger partial charge in [0, 0.05) is 11.0 Å². The normalized spacial score (nSPS) is 18.0. The molecule has 0 aliphatic carbocycles. The minimum Gasteiger partial charge on any atom is -0.497 e. The zero-order valence-electron chi connectivity index (χ0n) is 12.8. The number of amides is 1. The summed E-state index contributed by atoms with van der Waals surface area (Å²) in [7, 11) is 1.60. The van der Waals surface area contributed by atoms with Gasteiger partial charge in [-0.1, -0.05) is 12.1 Å². The molecule has 1 N–H and O–H groups in total. The number of aliphatic hydroxyl groups excluding tert-OH is 1. The van der Waals surface area contributed by atoms with E-state index in [2.05, 4.69) is 15.9 Å². The fourth-order valence-corrected chi connectivity index (χ4v) is 3.59. The summed E-state index contributed by atoms with van der Waals surface area (Å²) in [5.74, 6) is 1.45. The topological polar surface area (TPSA) is 68.2 Å². The van der Waals surface area contributed by atoms with Crippen molar-refractivity contribution < 1.29 is 24.1 Å². The summed E-state index contributed by atoms with van der Waals surface area (Å²) in [5.41, 5.74) is 1.76. The standard InChI is InChI=1S/C17H14BrNO5/c1-22-10-4-2-9(3-5-10)7-19-16(20)13-11(18)6-12-15(24-8-23-12)14(13)17(19)21/h2-6,17,21H,7-8H2,1H3. The van der Waals surface area contributed by atoms with Gasteiger partial charge < -0.3 is 24.2 Å². The van der Waals surface area contributed by atoms with Crippen LogP contribution in [-0.2, 0) is 6.54 Å². The first kappa shape index (κ1) is 15.3. The van der Waals surface area contributed by atoms with Crippen LogP contribution in [0.4, 0.5) is 0 Å². The van der Waals surface area contributed by atoms with E-state index in [0.29, 0.717) is 27.1 Å². The number of aliphatic hydroxyl groups is 1. The van der Waals surface area contributed by atoms with Crippen LogP contribution in [0.2, 0.25) is 0 Å². The molecule has 0 saturated carbocycles. The van der Waals surface area contributed by atoms with Crippen molar-refractivity contribution in [2.24, 2.45) is 0 Å². The molecule has 1 atom stereocenters. The number of carbonyl (C=O) groups excluding carboxylic acids is 1. The highest BCUT2D eigenvalue weighted by molar-refractivity contribution is 9.10. The maximum absolute atomic E-state index is 12.8. The molecule has 24 heavy (non-hydrogen) atoms. The van der Waals surface area contributed by atoms with Crippen LogP contribution in [0.3, 0.4) is 0 Å². The van der Waals surface area contributed by atoms with E-state index in [1.807, 2.05) is 24.3 Å². The molecule has 2 heterocycles. The summed E-state index contributed by atoms with van der Waals surface area (Å²) in [5, 5.41) is 10.7. The van der Waals surface area contributed by atoms with Gasteiger partial charge in [-0.15, -0.1) is 0 Å². The first-order chi connectivity index (χ1) is 11.6. The lowest BCUT2D eigenvalue weighted by Crippen LogP contribution is -2.27. The third-order valence-electron chi connectivity index (χ3n) is 4.19. The molecule has 7 heteroatoms. The Balaban J connectivity index is 1.69. The van der Waals surface area contributed by atoms with Gasteiger partial charge in [-0.3, -0.25) is 4.79 Å². The summed E-state index contributed by atoms with van der Waals surface area (Å²) >= 11 is 3.39. The fourth-order valence-electron chi connectivity index (χ4n) is 3.00.